The number of pyridine rings is 1. The van der Waals surface area contributed by atoms with Crippen LogP contribution in [0.25, 0.3) is 0 Å². The fraction of sp³-hybridized carbons (Fsp3) is 0.0833. The fourth-order valence-electron chi connectivity index (χ4n) is 1.32. The molecule has 0 saturated heterocycles. The molecule has 2 aromatic rings. The number of ether oxygens (including phenoxy) is 1. The first-order valence-electron chi connectivity index (χ1n) is 4.93. The predicted octanol–water partition coefficient (Wildman–Crippen LogP) is 4.03. The van der Waals surface area contributed by atoms with Gasteiger partial charge in [-0.15, -0.1) is 11.6 Å². The van der Waals surface area contributed by atoms with Gasteiger partial charge in [0.2, 0.25) is 5.88 Å². The average Bonchev–Trinajstić information content (AvgIpc) is 2.36. The van der Waals surface area contributed by atoms with Crippen LogP contribution in [0.2, 0.25) is 0 Å². The summed E-state index contributed by atoms with van der Waals surface area (Å²) in [5, 5.41) is 0. The molecule has 0 saturated carbocycles. The van der Waals surface area contributed by atoms with Crippen molar-refractivity contribution in [2.45, 2.75) is 5.88 Å². The first kappa shape index (κ1) is 12.7. The number of nitrogens with zero attached hydrogens (tertiary/aromatic N) is 1. The van der Waals surface area contributed by atoms with E-state index in [0.29, 0.717) is 0 Å². The largest absolute Gasteiger partial charge is 0.436 e. The monoisotopic (exact) mass is 273 g/mol. The summed E-state index contributed by atoms with van der Waals surface area (Å²) < 4.78 is 44.3. The summed E-state index contributed by atoms with van der Waals surface area (Å²) in [5.41, 5.74) is 0.250. The fourth-order valence-corrected chi connectivity index (χ4v) is 1.51. The van der Waals surface area contributed by atoms with Gasteiger partial charge >= 0.3 is 0 Å². The second kappa shape index (κ2) is 5.27. The highest BCUT2D eigenvalue weighted by Gasteiger charge is 2.11. The molecule has 2 nitrogen and oxygen atoms in total. The number of rotatable bonds is 3. The summed E-state index contributed by atoms with van der Waals surface area (Å²) in [6.07, 6.45) is 0.905. The average molecular weight is 274 g/mol. The highest BCUT2D eigenvalue weighted by atomic mass is 35.5. The summed E-state index contributed by atoms with van der Waals surface area (Å²) in [4.78, 5) is 3.64. The lowest BCUT2D eigenvalue weighted by atomic mass is 10.3. The molecule has 1 aromatic heterocycles. The highest BCUT2D eigenvalue weighted by molar-refractivity contribution is 6.17. The van der Waals surface area contributed by atoms with Gasteiger partial charge in [0.05, 0.1) is 12.1 Å². The highest BCUT2D eigenvalue weighted by Crippen LogP contribution is 2.27. The second-order valence-electron chi connectivity index (χ2n) is 3.43. The number of halogens is 4. The Bertz CT molecular complexity index is 577. The minimum Gasteiger partial charge on any atom is -0.436 e. The molecule has 0 unspecified atom stereocenters. The number of hydrogen-bond acceptors (Lipinski definition) is 2. The lowest BCUT2D eigenvalue weighted by Gasteiger charge is -2.09. The Morgan fingerprint density at radius 3 is 2.61 bits per heavy atom. The molecule has 0 bridgehead atoms. The van der Waals surface area contributed by atoms with E-state index in [4.69, 9.17) is 16.3 Å². The van der Waals surface area contributed by atoms with Crippen LogP contribution < -0.4 is 4.74 Å². The zero-order valence-electron chi connectivity index (χ0n) is 8.96. The van der Waals surface area contributed by atoms with E-state index in [2.05, 4.69) is 4.98 Å². The van der Waals surface area contributed by atoms with Crippen molar-refractivity contribution in [3.8, 4) is 11.6 Å². The standard InChI is InChI=1S/C12H7ClF3NO/c13-5-7-3-9(15)6-17-12(7)18-11-4-8(14)1-2-10(11)16/h1-4,6H,5H2. The minimum atomic E-state index is -0.747. The normalized spacial score (nSPS) is 10.4. The van der Waals surface area contributed by atoms with E-state index in [-0.39, 0.29) is 23.1 Å². The van der Waals surface area contributed by atoms with Gasteiger partial charge in [-0.25, -0.2) is 18.2 Å². The molecule has 94 valence electrons. The van der Waals surface area contributed by atoms with E-state index in [9.17, 15) is 13.2 Å². The zero-order chi connectivity index (χ0) is 13.1. The van der Waals surface area contributed by atoms with Crippen LogP contribution in [-0.2, 0) is 5.88 Å². The Labute approximate surface area is 106 Å². The third-order valence-corrected chi connectivity index (χ3v) is 2.42. The van der Waals surface area contributed by atoms with Gasteiger partial charge in [-0.05, 0) is 18.2 Å². The molecule has 6 heteroatoms. The molecule has 18 heavy (non-hydrogen) atoms. The van der Waals surface area contributed by atoms with Gasteiger partial charge in [-0.3, -0.25) is 0 Å². The Morgan fingerprint density at radius 2 is 1.89 bits per heavy atom. The van der Waals surface area contributed by atoms with Crippen LogP contribution in [0, 0.1) is 17.5 Å². The smallest absolute Gasteiger partial charge is 0.223 e. The van der Waals surface area contributed by atoms with Gasteiger partial charge in [0.15, 0.2) is 11.6 Å². The van der Waals surface area contributed by atoms with Crippen LogP contribution in [0.4, 0.5) is 13.2 Å². The van der Waals surface area contributed by atoms with Crippen molar-refractivity contribution in [3.63, 3.8) is 0 Å². The molecule has 2 rings (SSSR count). The number of alkyl halides is 1. The van der Waals surface area contributed by atoms with Crippen molar-refractivity contribution in [2.24, 2.45) is 0 Å². The molecular weight excluding hydrogens is 267 g/mol. The maximum Gasteiger partial charge on any atom is 0.223 e. The predicted molar refractivity (Wildman–Crippen MR) is 60.2 cm³/mol. The van der Waals surface area contributed by atoms with Gasteiger partial charge in [0.1, 0.15) is 11.6 Å². The Hall–Kier alpha value is -1.75. The summed E-state index contributed by atoms with van der Waals surface area (Å²) in [6, 6.07) is 3.88. The SMILES string of the molecule is Fc1cnc(Oc2cc(F)ccc2F)c(CCl)c1. The molecule has 0 spiro atoms. The van der Waals surface area contributed by atoms with Gasteiger partial charge in [-0.2, -0.15) is 0 Å². The lowest BCUT2D eigenvalue weighted by molar-refractivity contribution is 0.417. The molecule has 0 N–H and O–H groups in total. The Balaban J connectivity index is 2.36. The van der Waals surface area contributed by atoms with Crippen molar-refractivity contribution in [3.05, 3.63) is 53.5 Å². The zero-order valence-corrected chi connectivity index (χ0v) is 9.72. The summed E-state index contributed by atoms with van der Waals surface area (Å²) in [7, 11) is 0. The molecule has 0 amide bonds. The number of hydrogen-bond donors (Lipinski definition) is 0. The van der Waals surface area contributed by atoms with E-state index < -0.39 is 17.5 Å². The Kier molecular flexibility index (Phi) is 3.72. The van der Waals surface area contributed by atoms with Crippen molar-refractivity contribution >= 4 is 11.6 Å². The molecular formula is C12H7ClF3NO. The topological polar surface area (TPSA) is 22.1 Å². The maximum atomic E-state index is 13.3. The summed E-state index contributed by atoms with van der Waals surface area (Å²) >= 11 is 5.59. The first-order chi connectivity index (χ1) is 8.60. The summed E-state index contributed by atoms with van der Waals surface area (Å²) in [6.45, 7) is 0. The molecule has 0 fully saturated rings. The molecule has 1 aromatic carbocycles. The molecule has 0 radical (unpaired) electrons. The lowest BCUT2D eigenvalue weighted by Crippen LogP contribution is -1.96. The van der Waals surface area contributed by atoms with Crippen molar-refractivity contribution in [1.82, 2.24) is 4.98 Å². The second-order valence-corrected chi connectivity index (χ2v) is 3.70. The Morgan fingerprint density at radius 1 is 1.11 bits per heavy atom. The van der Waals surface area contributed by atoms with E-state index in [0.717, 1.165) is 30.5 Å². The maximum absolute atomic E-state index is 13.3. The van der Waals surface area contributed by atoms with Crippen LogP contribution in [-0.4, -0.2) is 4.98 Å². The molecule has 0 atom stereocenters. The quantitative estimate of drug-likeness (QED) is 0.788. The van der Waals surface area contributed by atoms with Crippen LogP contribution in [0.1, 0.15) is 5.56 Å². The van der Waals surface area contributed by atoms with Crippen molar-refractivity contribution in [1.29, 1.82) is 0 Å². The molecule has 1 heterocycles. The number of aromatic nitrogens is 1. The van der Waals surface area contributed by atoms with Crippen LogP contribution >= 0.6 is 11.6 Å². The van der Waals surface area contributed by atoms with Crippen LogP contribution in [0.3, 0.4) is 0 Å². The third kappa shape index (κ3) is 2.73. The van der Waals surface area contributed by atoms with Gasteiger partial charge in [-0.1, -0.05) is 0 Å². The number of benzene rings is 1. The van der Waals surface area contributed by atoms with E-state index in [1.54, 1.807) is 0 Å². The van der Waals surface area contributed by atoms with Crippen LogP contribution in [0.5, 0.6) is 11.6 Å². The van der Waals surface area contributed by atoms with Gasteiger partial charge < -0.3 is 4.74 Å². The molecule has 0 aliphatic carbocycles. The van der Waals surface area contributed by atoms with Gasteiger partial charge in [0.25, 0.3) is 0 Å². The van der Waals surface area contributed by atoms with E-state index >= 15 is 0 Å². The van der Waals surface area contributed by atoms with Crippen molar-refractivity contribution in [2.75, 3.05) is 0 Å². The third-order valence-electron chi connectivity index (χ3n) is 2.14. The van der Waals surface area contributed by atoms with E-state index in [1.807, 2.05) is 0 Å². The minimum absolute atomic E-state index is 0.0585. The molecule has 0 aliphatic rings. The molecule has 0 aliphatic heterocycles. The van der Waals surface area contributed by atoms with Crippen molar-refractivity contribution < 1.29 is 17.9 Å². The van der Waals surface area contributed by atoms with E-state index in [1.165, 1.54) is 0 Å². The summed E-state index contributed by atoms with van der Waals surface area (Å²) in [5.74, 6) is -2.44. The van der Waals surface area contributed by atoms with Crippen LogP contribution in [0.15, 0.2) is 30.5 Å². The first-order valence-corrected chi connectivity index (χ1v) is 5.47. The van der Waals surface area contributed by atoms with Gasteiger partial charge in [0, 0.05) is 11.6 Å².